The molecule has 2 amide bonds. The van der Waals surface area contributed by atoms with Gasteiger partial charge in [0.2, 0.25) is 0 Å². The number of rotatable bonds is 5. The predicted octanol–water partition coefficient (Wildman–Crippen LogP) is 3.25. The second-order valence-electron chi connectivity index (χ2n) is 5.95. The number of nitrogens with zero attached hydrogens (tertiary/aromatic N) is 1. The van der Waals surface area contributed by atoms with Crippen LogP contribution in [-0.2, 0) is 0 Å². The second kappa shape index (κ2) is 8.66. The van der Waals surface area contributed by atoms with Crippen LogP contribution in [0.15, 0.2) is 71.8 Å². The molecule has 0 atom stereocenters. The summed E-state index contributed by atoms with van der Waals surface area (Å²) in [7, 11) is 0. The third-order valence-electron chi connectivity index (χ3n) is 3.91. The number of anilines is 1. The summed E-state index contributed by atoms with van der Waals surface area (Å²) in [5, 5.41) is 25.4. The van der Waals surface area contributed by atoms with Crippen molar-refractivity contribution < 1.29 is 24.2 Å². The van der Waals surface area contributed by atoms with Gasteiger partial charge < -0.3 is 15.5 Å². The summed E-state index contributed by atoms with van der Waals surface area (Å²) in [6.07, 6.45) is 1.21. The lowest BCUT2D eigenvalue weighted by atomic mass is 10.1. The van der Waals surface area contributed by atoms with Gasteiger partial charge >= 0.3 is 0 Å². The molecule has 0 saturated heterocycles. The monoisotopic (exact) mass is 393 g/mol. The lowest BCUT2D eigenvalue weighted by molar-refractivity contribution is 0.0956. The van der Waals surface area contributed by atoms with Gasteiger partial charge in [0.15, 0.2) is 0 Å². The molecule has 29 heavy (non-hydrogen) atoms. The van der Waals surface area contributed by atoms with Crippen LogP contribution in [-0.4, -0.2) is 28.2 Å². The topological polar surface area (TPSA) is 111 Å². The van der Waals surface area contributed by atoms with Gasteiger partial charge in [-0.3, -0.25) is 9.59 Å². The maximum Gasteiger partial charge on any atom is 0.273 e. The highest BCUT2D eigenvalue weighted by atomic mass is 19.1. The number of hydrazone groups is 1. The SMILES string of the molecule is O=C(Nc1ccccc1C(=O)NN=Cc1ccc(O)cc1O)c1ccc(F)cc1. The number of hydrogen-bond acceptors (Lipinski definition) is 5. The molecule has 0 fully saturated rings. The first-order valence-electron chi connectivity index (χ1n) is 8.45. The molecule has 0 saturated carbocycles. The molecular weight excluding hydrogens is 377 g/mol. The van der Waals surface area contributed by atoms with E-state index in [1.54, 1.807) is 18.2 Å². The van der Waals surface area contributed by atoms with Gasteiger partial charge in [0, 0.05) is 17.2 Å². The first kappa shape index (κ1) is 19.6. The first-order valence-corrected chi connectivity index (χ1v) is 8.45. The number of amides is 2. The Kier molecular flexibility index (Phi) is 5.84. The number of phenols is 2. The number of para-hydroxylation sites is 1. The largest absolute Gasteiger partial charge is 0.508 e. The van der Waals surface area contributed by atoms with E-state index in [9.17, 15) is 24.2 Å². The van der Waals surface area contributed by atoms with Gasteiger partial charge in [0.05, 0.1) is 17.5 Å². The van der Waals surface area contributed by atoms with Crippen LogP contribution in [0.5, 0.6) is 11.5 Å². The fourth-order valence-corrected chi connectivity index (χ4v) is 2.45. The van der Waals surface area contributed by atoms with Gasteiger partial charge in [-0.05, 0) is 48.5 Å². The molecular formula is C21H16FN3O4. The Bertz CT molecular complexity index is 1080. The molecule has 146 valence electrons. The molecule has 0 aliphatic carbocycles. The van der Waals surface area contributed by atoms with E-state index in [0.717, 1.165) is 6.07 Å². The van der Waals surface area contributed by atoms with Gasteiger partial charge in [-0.2, -0.15) is 5.10 Å². The van der Waals surface area contributed by atoms with Crippen molar-refractivity contribution in [2.45, 2.75) is 0 Å². The summed E-state index contributed by atoms with van der Waals surface area (Å²) >= 11 is 0. The maximum absolute atomic E-state index is 13.0. The number of halogens is 1. The number of hydrogen-bond donors (Lipinski definition) is 4. The van der Waals surface area contributed by atoms with Gasteiger partial charge in [-0.1, -0.05) is 12.1 Å². The Morgan fingerprint density at radius 1 is 0.931 bits per heavy atom. The van der Waals surface area contributed by atoms with Gasteiger partial charge in [-0.25, -0.2) is 9.82 Å². The molecule has 7 nitrogen and oxygen atoms in total. The number of benzene rings is 3. The van der Waals surface area contributed by atoms with Crippen molar-refractivity contribution in [2.75, 3.05) is 5.32 Å². The Hall–Kier alpha value is -4.20. The van der Waals surface area contributed by atoms with Crippen molar-refractivity contribution in [3.63, 3.8) is 0 Å². The Morgan fingerprint density at radius 3 is 2.38 bits per heavy atom. The van der Waals surface area contributed by atoms with Crippen LogP contribution in [0.25, 0.3) is 0 Å². The molecule has 3 aromatic carbocycles. The molecule has 0 unspecified atom stereocenters. The number of carbonyl (C=O) groups is 2. The lowest BCUT2D eigenvalue weighted by Crippen LogP contribution is -2.21. The van der Waals surface area contributed by atoms with E-state index < -0.39 is 17.6 Å². The Balaban J connectivity index is 1.72. The Morgan fingerprint density at radius 2 is 1.66 bits per heavy atom. The highest BCUT2D eigenvalue weighted by molar-refractivity contribution is 6.09. The fourth-order valence-electron chi connectivity index (χ4n) is 2.45. The van der Waals surface area contributed by atoms with E-state index in [1.807, 2.05) is 0 Å². The zero-order chi connectivity index (χ0) is 20.8. The van der Waals surface area contributed by atoms with E-state index in [-0.39, 0.29) is 28.3 Å². The van der Waals surface area contributed by atoms with E-state index in [4.69, 9.17) is 0 Å². The van der Waals surface area contributed by atoms with Crippen molar-refractivity contribution in [1.82, 2.24) is 5.43 Å². The van der Waals surface area contributed by atoms with Crippen molar-refractivity contribution in [1.29, 1.82) is 0 Å². The Labute approximate surface area is 165 Å². The van der Waals surface area contributed by atoms with Crippen molar-refractivity contribution in [3.8, 4) is 11.5 Å². The van der Waals surface area contributed by atoms with Crippen LogP contribution in [0, 0.1) is 5.82 Å². The molecule has 0 spiro atoms. The minimum atomic E-state index is -0.588. The second-order valence-corrected chi connectivity index (χ2v) is 5.95. The van der Waals surface area contributed by atoms with Crippen LogP contribution in [0.2, 0.25) is 0 Å². The van der Waals surface area contributed by atoms with Crippen LogP contribution in [0.3, 0.4) is 0 Å². The normalized spacial score (nSPS) is 10.7. The van der Waals surface area contributed by atoms with Crippen LogP contribution < -0.4 is 10.7 Å². The summed E-state index contributed by atoms with van der Waals surface area (Å²) in [6.45, 7) is 0. The number of carbonyl (C=O) groups excluding carboxylic acids is 2. The lowest BCUT2D eigenvalue weighted by Gasteiger charge is -2.10. The van der Waals surface area contributed by atoms with E-state index >= 15 is 0 Å². The highest BCUT2D eigenvalue weighted by Gasteiger charge is 2.14. The molecule has 0 heterocycles. The summed E-state index contributed by atoms with van der Waals surface area (Å²) < 4.78 is 13.0. The summed E-state index contributed by atoms with van der Waals surface area (Å²) in [4.78, 5) is 24.8. The maximum atomic E-state index is 13.0. The molecule has 0 aliphatic heterocycles. The number of aromatic hydroxyl groups is 2. The van der Waals surface area contributed by atoms with Crippen molar-refractivity contribution >= 4 is 23.7 Å². The van der Waals surface area contributed by atoms with E-state index in [2.05, 4.69) is 15.8 Å². The average Bonchev–Trinajstić information content (AvgIpc) is 2.70. The summed E-state index contributed by atoms with van der Waals surface area (Å²) in [5.74, 6) is -1.85. The van der Waals surface area contributed by atoms with Crippen LogP contribution in [0.1, 0.15) is 26.3 Å². The molecule has 0 aromatic heterocycles. The molecule has 0 bridgehead atoms. The fraction of sp³-hybridized carbons (Fsp3) is 0. The van der Waals surface area contributed by atoms with Crippen LogP contribution in [0.4, 0.5) is 10.1 Å². The standard InChI is InChI=1S/C21H16FN3O4/c22-15-8-5-13(6-9-15)20(28)24-18-4-2-1-3-17(18)21(29)25-23-12-14-7-10-16(26)11-19(14)27/h1-12,26-27H,(H,24,28)(H,25,29). The van der Waals surface area contributed by atoms with Gasteiger partial charge in [-0.15, -0.1) is 0 Å². The first-order chi connectivity index (χ1) is 13.9. The molecule has 8 heteroatoms. The summed E-state index contributed by atoms with van der Waals surface area (Å²) in [5.41, 5.74) is 3.25. The quantitative estimate of drug-likeness (QED) is 0.394. The van der Waals surface area contributed by atoms with Gasteiger partial charge in [0.25, 0.3) is 11.8 Å². The number of phenolic OH excluding ortho intramolecular Hbond substituents is 2. The molecule has 0 radical (unpaired) electrons. The summed E-state index contributed by atoms with van der Waals surface area (Å²) in [6, 6.07) is 15.3. The van der Waals surface area contributed by atoms with E-state index in [1.165, 1.54) is 48.7 Å². The van der Waals surface area contributed by atoms with Gasteiger partial charge in [0.1, 0.15) is 17.3 Å². The average molecular weight is 393 g/mol. The van der Waals surface area contributed by atoms with Crippen molar-refractivity contribution in [3.05, 3.63) is 89.2 Å². The van der Waals surface area contributed by atoms with Crippen molar-refractivity contribution in [2.24, 2.45) is 5.10 Å². The highest BCUT2D eigenvalue weighted by Crippen LogP contribution is 2.21. The molecule has 3 aromatic rings. The van der Waals surface area contributed by atoms with E-state index in [0.29, 0.717) is 5.56 Å². The minimum Gasteiger partial charge on any atom is -0.508 e. The zero-order valence-corrected chi connectivity index (χ0v) is 15.0. The molecule has 0 aliphatic rings. The number of nitrogens with one attached hydrogen (secondary N) is 2. The third kappa shape index (κ3) is 4.95. The molecule has 4 N–H and O–H groups in total. The smallest absolute Gasteiger partial charge is 0.273 e. The minimum absolute atomic E-state index is 0.102. The predicted molar refractivity (Wildman–Crippen MR) is 106 cm³/mol. The zero-order valence-electron chi connectivity index (χ0n) is 15.0. The van der Waals surface area contributed by atoms with Crippen LogP contribution >= 0.6 is 0 Å². The third-order valence-corrected chi connectivity index (χ3v) is 3.91. The molecule has 3 rings (SSSR count).